The third-order valence-corrected chi connectivity index (χ3v) is 2.00. The summed E-state index contributed by atoms with van der Waals surface area (Å²) in [5.41, 5.74) is 2.15. The van der Waals surface area contributed by atoms with E-state index in [1.54, 1.807) is 12.1 Å². The first kappa shape index (κ1) is 9.65. The maximum Gasteiger partial charge on any atom is 0.150 e. The molecule has 1 rings (SSSR count). The predicted octanol–water partition coefficient (Wildman–Crippen LogP) is 2.44. The molecule has 0 fully saturated rings. The van der Waals surface area contributed by atoms with Gasteiger partial charge in [0.2, 0.25) is 0 Å². The fraction of sp³-hybridized carbons (Fsp3) is 0.273. The first-order valence-electron chi connectivity index (χ1n) is 4.23. The molecule has 2 heteroatoms. The molecule has 1 aromatic carbocycles. The van der Waals surface area contributed by atoms with Crippen LogP contribution in [0.5, 0.6) is 0 Å². The highest BCUT2D eigenvalue weighted by molar-refractivity contribution is 5.83. The molecule has 0 amide bonds. The molecule has 0 spiro atoms. The van der Waals surface area contributed by atoms with Gasteiger partial charge in [0.1, 0.15) is 12.6 Å². The fourth-order valence-electron chi connectivity index (χ4n) is 1.29. The van der Waals surface area contributed by atoms with Gasteiger partial charge in [0, 0.05) is 11.1 Å². The van der Waals surface area contributed by atoms with Crippen LogP contribution in [0, 0.1) is 0 Å². The van der Waals surface area contributed by atoms with E-state index in [1.807, 2.05) is 19.9 Å². The van der Waals surface area contributed by atoms with Crippen molar-refractivity contribution in [1.29, 1.82) is 0 Å². The van der Waals surface area contributed by atoms with Gasteiger partial charge >= 0.3 is 0 Å². The van der Waals surface area contributed by atoms with Gasteiger partial charge in [-0.3, -0.25) is 9.59 Å². The van der Waals surface area contributed by atoms with Crippen LogP contribution in [-0.4, -0.2) is 12.6 Å². The molecule has 0 bridgehead atoms. The molecule has 0 aromatic heterocycles. The summed E-state index contributed by atoms with van der Waals surface area (Å²) in [5.74, 6) is 0.306. The molecule has 0 atom stereocenters. The van der Waals surface area contributed by atoms with Crippen LogP contribution in [0.3, 0.4) is 0 Å². The molecule has 0 saturated carbocycles. The minimum Gasteiger partial charge on any atom is -0.298 e. The first-order valence-corrected chi connectivity index (χ1v) is 4.23. The summed E-state index contributed by atoms with van der Waals surface area (Å²) in [4.78, 5) is 21.1. The highest BCUT2D eigenvalue weighted by Gasteiger charge is 2.05. The Balaban J connectivity index is 3.23. The van der Waals surface area contributed by atoms with Gasteiger partial charge in [-0.1, -0.05) is 26.0 Å². The largest absolute Gasteiger partial charge is 0.298 e. The normalized spacial score (nSPS) is 10.1. The Morgan fingerprint density at radius 3 is 2.31 bits per heavy atom. The average Bonchev–Trinajstić information content (AvgIpc) is 2.16. The van der Waals surface area contributed by atoms with Crippen molar-refractivity contribution < 1.29 is 9.59 Å². The summed E-state index contributed by atoms with van der Waals surface area (Å²) in [5, 5.41) is 0. The Labute approximate surface area is 77.6 Å². The lowest BCUT2D eigenvalue weighted by atomic mass is 9.96. The first-order chi connectivity index (χ1) is 6.19. The Morgan fingerprint density at radius 1 is 1.15 bits per heavy atom. The molecule has 0 aliphatic rings. The number of hydrogen-bond donors (Lipinski definition) is 0. The smallest absolute Gasteiger partial charge is 0.150 e. The molecule has 0 aliphatic heterocycles. The second-order valence-electron chi connectivity index (χ2n) is 3.28. The Morgan fingerprint density at radius 2 is 1.85 bits per heavy atom. The highest BCUT2D eigenvalue weighted by atomic mass is 16.1. The van der Waals surface area contributed by atoms with Crippen molar-refractivity contribution in [1.82, 2.24) is 0 Å². The number of benzene rings is 1. The van der Waals surface area contributed by atoms with Crippen LogP contribution in [0.4, 0.5) is 0 Å². The van der Waals surface area contributed by atoms with E-state index < -0.39 is 0 Å². The van der Waals surface area contributed by atoms with Crippen LogP contribution in [0.1, 0.15) is 46.0 Å². The fourth-order valence-corrected chi connectivity index (χ4v) is 1.29. The second kappa shape index (κ2) is 3.99. The lowest BCUT2D eigenvalue weighted by Crippen LogP contribution is -1.96. The molecule has 2 nitrogen and oxygen atoms in total. The van der Waals surface area contributed by atoms with Crippen LogP contribution in [-0.2, 0) is 0 Å². The highest BCUT2D eigenvalue weighted by Crippen LogP contribution is 2.18. The van der Waals surface area contributed by atoms with E-state index in [0.29, 0.717) is 17.0 Å². The molecule has 0 unspecified atom stereocenters. The van der Waals surface area contributed by atoms with Crippen LogP contribution >= 0.6 is 0 Å². The van der Waals surface area contributed by atoms with Gasteiger partial charge in [0.25, 0.3) is 0 Å². The average molecular weight is 176 g/mol. The van der Waals surface area contributed by atoms with Crippen molar-refractivity contribution in [2.24, 2.45) is 0 Å². The van der Waals surface area contributed by atoms with Crippen molar-refractivity contribution in [2.45, 2.75) is 19.8 Å². The summed E-state index contributed by atoms with van der Waals surface area (Å²) in [6, 6.07) is 5.18. The van der Waals surface area contributed by atoms with Gasteiger partial charge < -0.3 is 0 Å². The summed E-state index contributed by atoms with van der Waals surface area (Å²) in [6.45, 7) is 4.03. The lowest BCUT2D eigenvalue weighted by molar-refractivity contribution is 0.112. The third-order valence-electron chi connectivity index (χ3n) is 2.00. The number of carbonyl (C=O) groups excluding carboxylic acids is 2. The van der Waals surface area contributed by atoms with Crippen LogP contribution in [0.2, 0.25) is 0 Å². The molecule has 0 N–H and O–H groups in total. The zero-order chi connectivity index (χ0) is 9.84. The van der Waals surface area contributed by atoms with Gasteiger partial charge in [-0.2, -0.15) is 0 Å². The van der Waals surface area contributed by atoms with E-state index in [0.717, 1.165) is 18.1 Å². The predicted molar refractivity (Wildman–Crippen MR) is 51.3 cm³/mol. The number of rotatable bonds is 3. The summed E-state index contributed by atoms with van der Waals surface area (Å²) >= 11 is 0. The number of carbonyl (C=O) groups is 2. The summed E-state index contributed by atoms with van der Waals surface area (Å²) < 4.78 is 0. The van der Waals surface area contributed by atoms with Crippen LogP contribution in [0.15, 0.2) is 18.2 Å². The Kier molecular flexibility index (Phi) is 2.96. The minimum atomic E-state index is 0.306. The molecule has 68 valence electrons. The molecule has 0 radical (unpaired) electrons. The summed E-state index contributed by atoms with van der Waals surface area (Å²) in [7, 11) is 0. The van der Waals surface area contributed by atoms with Crippen molar-refractivity contribution in [3.63, 3.8) is 0 Å². The second-order valence-corrected chi connectivity index (χ2v) is 3.28. The number of aldehydes is 2. The molecule has 0 aliphatic carbocycles. The van der Waals surface area contributed by atoms with Crippen molar-refractivity contribution in [2.75, 3.05) is 0 Å². The lowest BCUT2D eigenvalue weighted by Gasteiger charge is -2.08. The Hall–Kier alpha value is -1.44. The molecule has 0 saturated heterocycles. The van der Waals surface area contributed by atoms with Crippen LogP contribution in [0.25, 0.3) is 0 Å². The monoisotopic (exact) mass is 176 g/mol. The zero-order valence-electron chi connectivity index (χ0n) is 7.78. The molecule has 13 heavy (non-hydrogen) atoms. The Bertz CT molecular complexity index is 327. The third kappa shape index (κ3) is 2.02. The van der Waals surface area contributed by atoms with Gasteiger partial charge in [-0.05, 0) is 17.5 Å². The molecular weight excluding hydrogens is 164 g/mol. The van der Waals surface area contributed by atoms with E-state index in [9.17, 15) is 9.59 Å². The van der Waals surface area contributed by atoms with Gasteiger partial charge in [0.15, 0.2) is 0 Å². The van der Waals surface area contributed by atoms with Crippen molar-refractivity contribution >= 4 is 12.6 Å². The van der Waals surface area contributed by atoms with Gasteiger partial charge in [0.05, 0.1) is 0 Å². The van der Waals surface area contributed by atoms with Gasteiger partial charge in [-0.25, -0.2) is 0 Å². The maximum absolute atomic E-state index is 10.7. The van der Waals surface area contributed by atoms with E-state index in [-0.39, 0.29) is 0 Å². The topological polar surface area (TPSA) is 34.1 Å². The molecule has 1 aromatic rings. The van der Waals surface area contributed by atoms with E-state index in [1.165, 1.54) is 0 Å². The van der Waals surface area contributed by atoms with Gasteiger partial charge in [-0.15, -0.1) is 0 Å². The standard InChI is InChI=1S/C11H12O2/c1-8(2)11-4-3-9(6-12)5-10(11)7-13/h3-8H,1-2H3. The minimum absolute atomic E-state index is 0.306. The molecular formula is C11H12O2. The maximum atomic E-state index is 10.7. The van der Waals surface area contributed by atoms with E-state index >= 15 is 0 Å². The van der Waals surface area contributed by atoms with Crippen molar-refractivity contribution in [3.8, 4) is 0 Å². The number of hydrogen-bond acceptors (Lipinski definition) is 2. The van der Waals surface area contributed by atoms with E-state index in [2.05, 4.69) is 0 Å². The quantitative estimate of drug-likeness (QED) is 0.663. The molecule has 0 heterocycles. The van der Waals surface area contributed by atoms with E-state index in [4.69, 9.17) is 0 Å². The zero-order valence-corrected chi connectivity index (χ0v) is 7.78. The SMILES string of the molecule is CC(C)c1ccc(C=O)cc1C=O. The van der Waals surface area contributed by atoms with Crippen molar-refractivity contribution in [3.05, 3.63) is 34.9 Å². The summed E-state index contributed by atoms with van der Waals surface area (Å²) in [6.07, 6.45) is 1.54. The van der Waals surface area contributed by atoms with Crippen LogP contribution < -0.4 is 0 Å².